The van der Waals surface area contributed by atoms with Gasteiger partial charge in [0.2, 0.25) is 0 Å². The summed E-state index contributed by atoms with van der Waals surface area (Å²) in [5, 5.41) is 5.31. The highest BCUT2D eigenvalue weighted by molar-refractivity contribution is 7.80. The molecule has 1 heterocycles. The Morgan fingerprint density at radius 1 is 1.16 bits per heavy atom. The molecule has 2 aromatic carbocycles. The molecule has 1 saturated carbocycles. The number of nitrogens with one attached hydrogen (secondary N) is 2. The summed E-state index contributed by atoms with van der Waals surface area (Å²) >= 11 is 5.87. The summed E-state index contributed by atoms with van der Waals surface area (Å²) in [4.78, 5) is 18.3. The van der Waals surface area contributed by atoms with Crippen molar-refractivity contribution in [1.82, 2.24) is 15.2 Å². The highest BCUT2D eigenvalue weighted by Gasteiger charge is 2.26. The van der Waals surface area contributed by atoms with Crippen molar-refractivity contribution in [2.24, 2.45) is 0 Å². The summed E-state index contributed by atoms with van der Waals surface area (Å²) in [5.74, 6) is 0. The van der Waals surface area contributed by atoms with Crippen LogP contribution in [-0.4, -0.2) is 21.0 Å². The minimum Gasteiger partial charge on any atom is -0.356 e. The molecular formula is C26H31N3OS. The van der Waals surface area contributed by atoms with Crippen LogP contribution in [-0.2, 0) is 6.54 Å². The summed E-state index contributed by atoms with van der Waals surface area (Å²) in [6, 6.07) is 17.0. The van der Waals surface area contributed by atoms with E-state index in [2.05, 4.69) is 60.2 Å². The number of aryl methyl sites for hydroxylation is 2. The van der Waals surface area contributed by atoms with Crippen molar-refractivity contribution in [1.29, 1.82) is 0 Å². The van der Waals surface area contributed by atoms with Gasteiger partial charge in [0.25, 0.3) is 5.56 Å². The van der Waals surface area contributed by atoms with E-state index in [1.54, 1.807) is 0 Å². The van der Waals surface area contributed by atoms with Crippen molar-refractivity contribution in [2.75, 3.05) is 0 Å². The maximum atomic E-state index is 13.0. The first-order valence-electron chi connectivity index (χ1n) is 11.2. The number of hydrogen-bond donors (Lipinski definition) is 2. The minimum absolute atomic E-state index is 0.0249. The normalized spacial score (nSPS) is 15.2. The molecular weight excluding hydrogens is 402 g/mol. The fourth-order valence-corrected chi connectivity index (χ4v) is 4.94. The monoisotopic (exact) mass is 433 g/mol. The van der Waals surface area contributed by atoms with E-state index >= 15 is 0 Å². The van der Waals surface area contributed by atoms with E-state index in [1.807, 2.05) is 24.3 Å². The van der Waals surface area contributed by atoms with Crippen LogP contribution in [0.4, 0.5) is 0 Å². The molecule has 0 amide bonds. The summed E-state index contributed by atoms with van der Waals surface area (Å²) in [6.07, 6.45) is 4.66. The summed E-state index contributed by atoms with van der Waals surface area (Å²) < 4.78 is 0. The van der Waals surface area contributed by atoms with Gasteiger partial charge in [-0.3, -0.25) is 4.79 Å². The topological polar surface area (TPSA) is 48.1 Å². The smallest absolute Gasteiger partial charge is 0.253 e. The fraction of sp³-hybridized carbons (Fsp3) is 0.385. The molecule has 0 aliphatic heterocycles. The molecule has 162 valence electrons. The molecule has 4 nitrogen and oxygen atoms in total. The van der Waals surface area contributed by atoms with E-state index in [9.17, 15) is 4.79 Å². The Labute approximate surface area is 189 Å². The highest BCUT2D eigenvalue weighted by Crippen LogP contribution is 2.26. The molecule has 1 aliphatic carbocycles. The second-order valence-corrected chi connectivity index (χ2v) is 9.13. The van der Waals surface area contributed by atoms with Gasteiger partial charge in [-0.05, 0) is 74.0 Å². The van der Waals surface area contributed by atoms with Gasteiger partial charge in [0.1, 0.15) is 0 Å². The Balaban J connectivity index is 1.61. The van der Waals surface area contributed by atoms with Crippen molar-refractivity contribution in [2.45, 2.75) is 65.1 Å². The lowest BCUT2D eigenvalue weighted by molar-refractivity contribution is 0.300. The van der Waals surface area contributed by atoms with Crippen LogP contribution in [0.25, 0.3) is 10.9 Å². The van der Waals surface area contributed by atoms with Crippen LogP contribution in [0.15, 0.2) is 53.3 Å². The number of fused-ring (bicyclic) bond motifs is 1. The maximum absolute atomic E-state index is 13.0. The molecule has 5 heteroatoms. The maximum Gasteiger partial charge on any atom is 0.253 e. The van der Waals surface area contributed by atoms with Crippen LogP contribution in [0.5, 0.6) is 0 Å². The van der Waals surface area contributed by atoms with Crippen molar-refractivity contribution >= 4 is 28.2 Å². The van der Waals surface area contributed by atoms with Crippen LogP contribution in [0.2, 0.25) is 0 Å². The predicted molar refractivity (Wildman–Crippen MR) is 132 cm³/mol. The molecule has 0 saturated heterocycles. The van der Waals surface area contributed by atoms with Crippen molar-refractivity contribution in [3.63, 3.8) is 0 Å². The first kappa shape index (κ1) is 21.6. The number of nitrogens with zero attached hydrogens (tertiary/aromatic N) is 1. The lowest BCUT2D eigenvalue weighted by atomic mass is 10.0. The molecule has 0 unspecified atom stereocenters. The number of aromatic amines is 1. The Morgan fingerprint density at radius 2 is 1.87 bits per heavy atom. The lowest BCUT2D eigenvalue weighted by Gasteiger charge is -2.33. The second kappa shape index (κ2) is 9.23. The van der Waals surface area contributed by atoms with E-state index in [-0.39, 0.29) is 11.6 Å². The SMILES string of the molecule is Cc1ccc2cc(CN(C(=S)N[C@@H](C)c3ccccc3)C3CCCC3)c(=O)[nH]c2c1C. The largest absolute Gasteiger partial charge is 0.356 e. The van der Waals surface area contributed by atoms with Gasteiger partial charge in [0, 0.05) is 11.6 Å². The van der Waals surface area contributed by atoms with Crippen LogP contribution in [0, 0.1) is 13.8 Å². The molecule has 31 heavy (non-hydrogen) atoms. The number of hydrogen-bond acceptors (Lipinski definition) is 2. The van der Waals surface area contributed by atoms with E-state index in [0.29, 0.717) is 12.6 Å². The quantitative estimate of drug-likeness (QED) is 0.520. The molecule has 1 fully saturated rings. The first-order chi connectivity index (χ1) is 14.9. The van der Waals surface area contributed by atoms with Crippen molar-refractivity contribution in [3.8, 4) is 0 Å². The number of benzene rings is 2. The zero-order valence-electron chi connectivity index (χ0n) is 18.6. The molecule has 1 atom stereocenters. The molecule has 4 rings (SSSR count). The minimum atomic E-state index is -0.0249. The Hall–Kier alpha value is -2.66. The van der Waals surface area contributed by atoms with E-state index in [0.717, 1.165) is 40.0 Å². The Morgan fingerprint density at radius 3 is 2.58 bits per heavy atom. The Kier molecular flexibility index (Phi) is 6.42. The summed E-state index contributed by atoms with van der Waals surface area (Å²) in [7, 11) is 0. The molecule has 2 N–H and O–H groups in total. The average molecular weight is 434 g/mol. The molecule has 3 aromatic rings. The molecule has 1 aliphatic rings. The van der Waals surface area contributed by atoms with Crippen LogP contribution < -0.4 is 10.9 Å². The van der Waals surface area contributed by atoms with Gasteiger partial charge in [-0.2, -0.15) is 0 Å². The van der Waals surface area contributed by atoms with Gasteiger partial charge in [-0.25, -0.2) is 0 Å². The zero-order valence-corrected chi connectivity index (χ0v) is 19.4. The lowest BCUT2D eigenvalue weighted by Crippen LogP contribution is -2.46. The van der Waals surface area contributed by atoms with E-state index < -0.39 is 0 Å². The van der Waals surface area contributed by atoms with E-state index in [4.69, 9.17) is 12.2 Å². The van der Waals surface area contributed by atoms with Crippen molar-refractivity contribution in [3.05, 3.63) is 81.1 Å². The number of aromatic nitrogens is 1. The van der Waals surface area contributed by atoms with Crippen LogP contribution in [0.1, 0.15) is 60.9 Å². The van der Waals surface area contributed by atoms with Gasteiger partial charge in [-0.15, -0.1) is 0 Å². The fourth-order valence-electron chi connectivity index (χ4n) is 4.55. The molecule has 0 radical (unpaired) electrons. The van der Waals surface area contributed by atoms with Gasteiger partial charge in [-0.1, -0.05) is 55.3 Å². The predicted octanol–water partition coefficient (Wildman–Crippen LogP) is 5.53. The van der Waals surface area contributed by atoms with Crippen LogP contribution in [0.3, 0.4) is 0 Å². The first-order valence-corrected chi connectivity index (χ1v) is 11.6. The molecule has 1 aromatic heterocycles. The Bertz CT molecular complexity index is 1130. The number of H-pyrrole nitrogens is 1. The average Bonchev–Trinajstić information content (AvgIpc) is 3.30. The number of thiocarbonyl (C=S) groups is 1. The number of rotatable bonds is 5. The zero-order chi connectivity index (χ0) is 22.0. The van der Waals surface area contributed by atoms with Crippen LogP contribution >= 0.6 is 12.2 Å². The third-order valence-electron chi connectivity index (χ3n) is 6.63. The third kappa shape index (κ3) is 4.67. The standard InChI is InChI=1S/C26H31N3OS/c1-17-13-14-21-15-22(25(30)28-24(21)18(17)2)16-29(23-11-7-8-12-23)26(31)27-19(3)20-9-5-4-6-10-20/h4-6,9-10,13-15,19,23H,7-8,11-12,16H2,1-3H3,(H,27,31)(H,28,30)/t19-/m0/s1. The summed E-state index contributed by atoms with van der Waals surface area (Å²) in [5.41, 5.74) is 5.18. The molecule has 0 spiro atoms. The van der Waals surface area contributed by atoms with Gasteiger partial charge >= 0.3 is 0 Å². The van der Waals surface area contributed by atoms with Gasteiger partial charge < -0.3 is 15.2 Å². The second-order valence-electron chi connectivity index (χ2n) is 8.74. The molecule has 0 bridgehead atoms. The summed E-state index contributed by atoms with van der Waals surface area (Å²) in [6.45, 7) is 6.78. The van der Waals surface area contributed by atoms with E-state index in [1.165, 1.54) is 24.0 Å². The number of pyridine rings is 1. The third-order valence-corrected chi connectivity index (χ3v) is 6.99. The van der Waals surface area contributed by atoms with Gasteiger partial charge in [0.15, 0.2) is 5.11 Å². The van der Waals surface area contributed by atoms with Crippen molar-refractivity contribution < 1.29 is 0 Å². The van der Waals surface area contributed by atoms with Gasteiger partial charge in [0.05, 0.1) is 18.1 Å². The highest BCUT2D eigenvalue weighted by atomic mass is 32.1.